The van der Waals surface area contributed by atoms with Crippen molar-refractivity contribution in [1.29, 1.82) is 0 Å². The summed E-state index contributed by atoms with van der Waals surface area (Å²) in [5, 5.41) is 4.43. The molecule has 2 atom stereocenters. The molecular formula is C27H29N5O2. The van der Waals surface area contributed by atoms with Crippen LogP contribution in [0.4, 0.5) is 5.82 Å². The van der Waals surface area contributed by atoms with Gasteiger partial charge in [-0.3, -0.25) is 9.78 Å². The third-order valence-electron chi connectivity index (χ3n) is 6.66. The van der Waals surface area contributed by atoms with Gasteiger partial charge < -0.3 is 19.9 Å². The maximum absolute atomic E-state index is 13.2. The molecule has 1 aliphatic rings. The second-order valence-electron chi connectivity index (χ2n) is 8.71. The summed E-state index contributed by atoms with van der Waals surface area (Å²) in [5.41, 5.74) is 3.40. The van der Waals surface area contributed by atoms with Gasteiger partial charge in [-0.05, 0) is 42.2 Å². The molecule has 34 heavy (non-hydrogen) atoms. The number of carbonyl (C=O) groups excluding carboxylic acids is 1. The van der Waals surface area contributed by atoms with Crippen LogP contribution < -0.4 is 15.0 Å². The van der Waals surface area contributed by atoms with Crippen LogP contribution in [0.2, 0.25) is 0 Å². The number of ether oxygens (including phenoxy) is 1. The molecule has 7 nitrogen and oxygen atoms in total. The van der Waals surface area contributed by atoms with E-state index >= 15 is 0 Å². The highest BCUT2D eigenvalue weighted by Gasteiger charge is 2.28. The van der Waals surface area contributed by atoms with Crippen LogP contribution in [0, 0.1) is 5.92 Å². The average Bonchev–Trinajstić information content (AvgIpc) is 3.33. The third kappa shape index (κ3) is 4.59. The van der Waals surface area contributed by atoms with E-state index < -0.39 is 0 Å². The van der Waals surface area contributed by atoms with E-state index in [9.17, 15) is 4.79 Å². The Balaban J connectivity index is 1.34. The fourth-order valence-corrected chi connectivity index (χ4v) is 4.83. The topological polar surface area (TPSA) is 83.1 Å². The highest BCUT2D eigenvalue weighted by molar-refractivity contribution is 5.84. The Morgan fingerprint density at radius 2 is 2.06 bits per heavy atom. The summed E-state index contributed by atoms with van der Waals surface area (Å²) in [6.07, 6.45) is 9.02. The van der Waals surface area contributed by atoms with Gasteiger partial charge in [0.2, 0.25) is 5.91 Å². The maximum Gasteiger partial charge on any atom is 0.224 e. The summed E-state index contributed by atoms with van der Waals surface area (Å²) in [6.45, 7) is 2.08. The van der Waals surface area contributed by atoms with Gasteiger partial charge in [0, 0.05) is 55.0 Å². The van der Waals surface area contributed by atoms with E-state index in [4.69, 9.17) is 4.74 Å². The number of aromatic amines is 1. The lowest BCUT2D eigenvalue weighted by molar-refractivity contribution is -0.125. The molecule has 7 heteroatoms. The number of fused-ring (bicyclic) bond motifs is 1. The molecule has 0 bridgehead atoms. The lowest BCUT2D eigenvalue weighted by atomic mass is 9.90. The van der Waals surface area contributed by atoms with Crippen molar-refractivity contribution in [3.8, 4) is 5.75 Å². The van der Waals surface area contributed by atoms with Gasteiger partial charge in [0.1, 0.15) is 11.6 Å². The number of hydrogen-bond acceptors (Lipinski definition) is 5. The van der Waals surface area contributed by atoms with Crippen LogP contribution in [0.1, 0.15) is 29.9 Å². The molecule has 1 fully saturated rings. The van der Waals surface area contributed by atoms with Crippen LogP contribution in [-0.4, -0.2) is 47.6 Å². The molecule has 4 aromatic rings. The molecule has 1 saturated heterocycles. The fraction of sp³-hybridized carbons (Fsp3) is 0.296. The predicted octanol–water partition coefficient (Wildman–Crippen LogP) is 4.13. The van der Waals surface area contributed by atoms with Crippen molar-refractivity contribution >= 4 is 22.6 Å². The van der Waals surface area contributed by atoms with Crippen LogP contribution in [0.15, 0.2) is 73.3 Å². The number of nitrogens with one attached hydrogen (secondary N) is 2. The summed E-state index contributed by atoms with van der Waals surface area (Å²) in [6, 6.07) is 16.4. The van der Waals surface area contributed by atoms with Crippen molar-refractivity contribution in [3.05, 3.63) is 84.4 Å². The van der Waals surface area contributed by atoms with Crippen LogP contribution >= 0.6 is 0 Å². The lowest BCUT2D eigenvalue weighted by Crippen LogP contribution is -2.44. The summed E-state index contributed by atoms with van der Waals surface area (Å²) >= 11 is 0. The van der Waals surface area contributed by atoms with Crippen molar-refractivity contribution in [3.63, 3.8) is 0 Å². The van der Waals surface area contributed by atoms with Gasteiger partial charge in [0.25, 0.3) is 0 Å². The van der Waals surface area contributed by atoms with Gasteiger partial charge in [0.05, 0.1) is 19.2 Å². The summed E-state index contributed by atoms with van der Waals surface area (Å²) in [4.78, 5) is 27.4. The number of para-hydroxylation sites is 1. The molecule has 0 spiro atoms. The number of benzene rings is 2. The Kier molecular flexibility index (Phi) is 6.42. The quantitative estimate of drug-likeness (QED) is 0.438. The normalized spacial score (nSPS) is 16.9. The number of nitrogens with zero attached hydrogens (tertiary/aromatic N) is 3. The van der Waals surface area contributed by atoms with Gasteiger partial charge in [0.15, 0.2) is 0 Å². The predicted molar refractivity (Wildman–Crippen MR) is 133 cm³/mol. The second-order valence-corrected chi connectivity index (χ2v) is 8.71. The number of carbonyl (C=O) groups is 1. The Morgan fingerprint density at radius 1 is 1.21 bits per heavy atom. The first-order valence-electron chi connectivity index (χ1n) is 11.7. The zero-order chi connectivity index (χ0) is 23.3. The highest BCUT2D eigenvalue weighted by atomic mass is 16.5. The first-order valence-corrected chi connectivity index (χ1v) is 11.7. The van der Waals surface area contributed by atoms with Crippen molar-refractivity contribution in [2.75, 3.05) is 31.6 Å². The molecule has 1 aliphatic heterocycles. The Labute approximate surface area is 199 Å². The maximum atomic E-state index is 13.2. The van der Waals surface area contributed by atoms with Gasteiger partial charge in [-0.2, -0.15) is 0 Å². The number of H-pyrrole nitrogens is 1. The molecule has 2 aromatic carbocycles. The third-order valence-corrected chi connectivity index (χ3v) is 6.66. The average molecular weight is 456 g/mol. The summed E-state index contributed by atoms with van der Waals surface area (Å²) in [5.74, 6) is 1.68. The standard InChI is InChI=1S/C27H29N5O2/c1-34-21-10-8-19(9-11-21)23(24-16-30-25-7-3-2-6-22(24)25)15-31-27(33)20-5-4-14-32(18-20)26-17-28-12-13-29-26/h2-3,6-13,16-17,20,23,30H,4-5,14-15,18H2,1H3,(H,31,33). The molecule has 174 valence electrons. The number of methoxy groups -OCH3 is 1. The summed E-state index contributed by atoms with van der Waals surface area (Å²) < 4.78 is 5.34. The van der Waals surface area contributed by atoms with Crippen LogP contribution in [-0.2, 0) is 4.79 Å². The van der Waals surface area contributed by atoms with E-state index in [1.807, 2.05) is 24.3 Å². The van der Waals surface area contributed by atoms with Crippen LogP contribution in [0.3, 0.4) is 0 Å². The Hall–Kier alpha value is -3.87. The van der Waals surface area contributed by atoms with E-state index in [0.717, 1.165) is 42.0 Å². The number of anilines is 1. The van der Waals surface area contributed by atoms with Crippen molar-refractivity contribution in [2.45, 2.75) is 18.8 Å². The largest absolute Gasteiger partial charge is 0.497 e. The van der Waals surface area contributed by atoms with Crippen molar-refractivity contribution < 1.29 is 9.53 Å². The number of aromatic nitrogens is 3. The minimum Gasteiger partial charge on any atom is -0.497 e. The van der Waals surface area contributed by atoms with E-state index in [1.165, 1.54) is 10.9 Å². The number of rotatable bonds is 7. The van der Waals surface area contributed by atoms with E-state index in [1.54, 1.807) is 25.7 Å². The zero-order valence-electron chi connectivity index (χ0n) is 19.3. The monoisotopic (exact) mass is 455 g/mol. The highest BCUT2D eigenvalue weighted by Crippen LogP contribution is 2.31. The molecule has 0 radical (unpaired) electrons. The number of amides is 1. The molecule has 1 amide bonds. The number of piperidine rings is 1. The molecule has 3 heterocycles. The Morgan fingerprint density at radius 3 is 2.85 bits per heavy atom. The molecular weight excluding hydrogens is 426 g/mol. The molecule has 2 unspecified atom stereocenters. The van der Waals surface area contributed by atoms with Crippen molar-refractivity contribution in [1.82, 2.24) is 20.3 Å². The zero-order valence-corrected chi connectivity index (χ0v) is 19.3. The first-order chi connectivity index (χ1) is 16.7. The molecule has 2 N–H and O–H groups in total. The van der Waals surface area contributed by atoms with Gasteiger partial charge in [-0.25, -0.2) is 4.98 Å². The van der Waals surface area contributed by atoms with E-state index in [2.05, 4.69) is 55.6 Å². The number of hydrogen-bond donors (Lipinski definition) is 2. The molecule has 0 saturated carbocycles. The first kappa shape index (κ1) is 21.9. The smallest absolute Gasteiger partial charge is 0.224 e. The van der Waals surface area contributed by atoms with E-state index in [-0.39, 0.29) is 17.7 Å². The fourth-order valence-electron chi connectivity index (χ4n) is 4.83. The Bertz CT molecular complexity index is 1240. The lowest BCUT2D eigenvalue weighted by Gasteiger charge is -2.33. The molecule has 2 aromatic heterocycles. The van der Waals surface area contributed by atoms with Crippen LogP contribution in [0.25, 0.3) is 10.9 Å². The van der Waals surface area contributed by atoms with Gasteiger partial charge in [-0.1, -0.05) is 30.3 Å². The van der Waals surface area contributed by atoms with Crippen molar-refractivity contribution in [2.24, 2.45) is 5.92 Å². The SMILES string of the molecule is COc1ccc(C(CNC(=O)C2CCCN(c3cnccn3)C2)c2c[nH]c3ccccc23)cc1. The minimum atomic E-state index is -0.0738. The minimum absolute atomic E-state index is 0.0192. The second kappa shape index (κ2) is 9.95. The van der Waals surface area contributed by atoms with Crippen LogP contribution in [0.5, 0.6) is 5.75 Å². The van der Waals surface area contributed by atoms with Gasteiger partial charge in [-0.15, -0.1) is 0 Å². The summed E-state index contributed by atoms with van der Waals surface area (Å²) in [7, 11) is 1.67. The van der Waals surface area contributed by atoms with Gasteiger partial charge >= 0.3 is 0 Å². The van der Waals surface area contributed by atoms with E-state index in [0.29, 0.717) is 13.1 Å². The molecule has 0 aliphatic carbocycles. The molecule has 5 rings (SSSR count).